The van der Waals surface area contributed by atoms with E-state index in [1.807, 2.05) is 36.4 Å². The molecule has 1 unspecified atom stereocenters. The summed E-state index contributed by atoms with van der Waals surface area (Å²) in [6, 6.07) is 17.4. The number of methoxy groups -OCH3 is 1. The number of anilines is 1. The highest BCUT2D eigenvalue weighted by Crippen LogP contribution is 2.31. The molecule has 0 fully saturated rings. The summed E-state index contributed by atoms with van der Waals surface area (Å²) in [5.74, 6) is 1.10. The molecule has 0 saturated heterocycles. The van der Waals surface area contributed by atoms with Crippen LogP contribution < -0.4 is 10.1 Å². The Labute approximate surface area is 184 Å². The van der Waals surface area contributed by atoms with E-state index < -0.39 is 10.2 Å². The number of benzene rings is 2. The molecule has 10 heteroatoms. The molecular formula is C22H18N6O3S. The van der Waals surface area contributed by atoms with Gasteiger partial charge in [0.05, 0.1) is 12.6 Å². The Kier molecular flexibility index (Phi) is 5.00. The van der Waals surface area contributed by atoms with Crippen LogP contribution in [-0.2, 0) is 21.0 Å². The summed E-state index contributed by atoms with van der Waals surface area (Å²) < 4.78 is 33.2. The first-order valence-corrected chi connectivity index (χ1v) is 11.2. The van der Waals surface area contributed by atoms with Gasteiger partial charge < -0.3 is 14.6 Å². The van der Waals surface area contributed by atoms with Crippen LogP contribution in [-0.4, -0.2) is 36.5 Å². The average Bonchev–Trinajstić information content (AvgIpc) is 3.28. The molecule has 0 aliphatic heterocycles. The van der Waals surface area contributed by atoms with E-state index in [0.717, 1.165) is 10.9 Å². The topological polar surface area (TPSA) is 117 Å². The molecule has 3 heterocycles. The highest BCUT2D eigenvalue weighted by molar-refractivity contribution is 7.97. The zero-order valence-electron chi connectivity index (χ0n) is 17.0. The molecule has 32 heavy (non-hydrogen) atoms. The third kappa shape index (κ3) is 3.45. The van der Waals surface area contributed by atoms with Crippen molar-refractivity contribution in [2.45, 2.75) is 16.5 Å². The number of fused-ring (bicyclic) bond motifs is 3. The van der Waals surface area contributed by atoms with E-state index in [2.05, 4.69) is 25.6 Å². The first-order chi connectivity index (χ1) is 15.6. The molecule has 0 bridgehead atoms. The lowest BCUT2D eigenvalue weighted by atomic mass is 10.2. The van der Waals surface area contributed by atoms with E-state index >= 15 is 0 Å². The highest BCUT2D eigenvalue weighted by atomic mass is 32.3. The maximum Gasteiger partial charge on any atom is 0.317 e. The maximum absolute atomic E-state index is 13.3. The zero-order chi connectivity index (χ0) is 22.1. The Hall–Kier alpha value is -3.89. The van der Waals surface area contributed by atoms with Gasteiger partial charge in [-0.2, -0.15) is 4.52 Å². The molecule has 9 nitrogen and oxygen atoms in total. The van der Waals surface area contributed by atoms with Crippen molar-refractivity contribution in [3.8, 4) is 5.75 Å². The first kappa shape index (κ1) is 20.0. The number of pyridine rings is 1. The zero-order valence-corrected chi connectivity index (χ0v) is 17.8. The monoisotopic (exact) mass is 446 g/mol. The van der Waals surface area contributed by atoms with Crippen molar-refractivity contribution in [1.29, 1.82) is 0 Å². The number of rotatable bonds is 6. The summed E-state index contributed by atoms with van der Waals surface area (Å²) in [7, 11) is -2.43. The van der Waals surface area contributed by atoms with Crippen molar-refractivity contribution in [1.82, 2.24) is 24.8 Å². The quantitative estimate of drug-likeness (QED) is 0.395. The van der Waals surface area contributed by atoms with Crippen molar-refractivity contribution in [3.05, 3.63) is 78.6 Å². The number of hydrogen-bond acceptors (Lipinski definition) is 8. The molecule has 160 valence electrons. The third-order valence-electron chi connectivity index (χ3n) is 5.06. The number of ether oxygens (including phenoxy) is 1. The molecule has 0 aliphatic carbocycles. The van der Waals surface area contributed by atoms with Crippen LogP contribution in [0.25, 0.3) is 16.6 Å². The lowest BCUT2D eigenvalue weighted by Crippen LogP contribution is -2.13. The van der Waals surface area contributed by atoms with Gasteiger partial charge in [-0.1, -0.05) is 26.7 Å². The van der Waals surface area contributed by atoms with Crippen molar-refractivity contribution < 1.29 is 13.5 Å². The molecule has 0 amide bonds. The Morgan fingerprint density at radius 3 is 2.56 bits per heavy atom. The van der Waals surface area contributed by atoms with Gasteiger partial charge in [-0.05, 0) is 54.1 Å². The SMILES string of the molecule is COc1ccc([S+](=O)([O-])c2nnn3c2nc(NCc2ccncc2)c2ccccc23)cc1. The number of sulfone groups is 1. The van der Waals surface area contributed by atoms with Crippen LogP contribution in [0.3, 0.4) is 0 Å². The second kappa shape index (κ2) is 7.98. The fraction of sp³-hybridized carbons (Fsp3) is 0.0909. The molecule has 5 aromatic rings. The van der Waals surface area contributed by atoms with Crippen LogP contribution in [0.4, 0.5) is 5.82 Å². The lowest BCUT2D eigenvalue weighted by Gasteiger charge is -2.13. The molecular weight excluding hydrogens is 428 g/mol. The number of nitrogens with zero attached hydrogens (tertiary/aromatic N) is 5. The van der Waals surface area contributed by atoms with Gasteiger partial charge in [0, 0.05) is 24.3 Å². The standard InChI is InChI=1S/C22H18N6O3S/c1-31-16-6-8-17(9-7-16)32(29,30)22-21-25-20(24-14-15-10-12-23-13-11-15)18-4-2-3-5-19(18)28(21)27-26-22/h2-13H,14H2,1H3,(H-,24,25,29,30). The first-order valence-electron chi connectivity index (χ1n) is 9.74. The fourth-order valence-corrected chi connectivity index (χ4v) is 4.64. The Morgan fingerprint density at radius 2 is 1.81 bits per heavy atom. The third-order valence-corrected chi connectivity index (χ3v) is 6.72. The molecule has 3 aromatic heterocycles. The van der Waals surface area contributed by atoms with Crippen molar-refractivity contribution in [2.24, 2.45) is 0 Å². The van der Waals surface area contributed by atoms with Gasteiger partial charge in [0.25, 0.3) is 0 Å². The lowest BCUT2D eigenvalue weighted by molar-refractivity contribution is 0.414. The van der Waals surface area contributed by atoms with Crippen molar-refractivity contribution >= 4 is 32.6 Å². The number of aromatic nitrogens is 5. The van der Waals surface area contributed by atoms with E-state index in [1.165, 1.54) is 23.8 Å². The van der Waals surface area contributed by atoms with Crippen LogP contribution in [0.2, 0.25) is 0 Å². The summed E-state index contributed by atoms with van der Waals surface area (Å²) in [4.78, 5) is 8.72. The van der Waals surface area contributed by atoms with E-state index in [9.17, 15) is 8.76 Å². The van der Waals surface area contributed by atoms with Crippen LogP contribution >= 0.6 is 0 Å². The van der Waals surface area contributed by atoms with E-state index in [4.69, 9.17) is 4.74 Å². The predicted octanol–water partition coefficient (Wildman–Crippen LogP) is 3.34. The Bertz CT molecular complexity index is 1450. The molecule has 0 saturated carbocycles. The number of hydrogen-bond donors (Lipinski definition) is 1. The van der Waals surface area contributed by atoms with Gasteiger partial charge in [-0.15, -0.1) is 0 Å². The molecule has 0 aliphatic rings. The summed E-state index contributed by atoms with van der Waals surface area (Å²) in [6.45, 7) is 0.498. The largest absolute Gasteiger partial charge is 0.604 e. The van der Waals surface area contributed by atoms with Gasteiger partial charge in [0.15, 0.2) is 4.90 Å². The molecule has 1 N–H and O–H groups in total. The predicted molar refractivity (Wildman–Crippen MR) is 118 cm³/mol. The molecule has 1 atom stereocenters. The van der Waals surface area contributed by atoms with Gasteiger partial charge in [-0.25, -0.2) is 4.98 Å². The number of nitrogens with one attached hydrogen (secondary N) is 1. The van der Waals surface area contributed by atoms with Crippen LogP contribution in [0.15, 0.2) is 83.0 Å². The molecule has 0 radical (unpaired) electrons. The van der Waals surface area contributed by atoms with Crippen LogP contribution in [0.5, 0.6) is 5.75 Å². The van der Waals surface area contributed by atoms with E-state index in [0.29, 0.717) is 23.6 Å². The van der Waals surface area contributed by atoms with Crippen LogP contribution in [0.1, 0.15) is 5.56 Å². The van der Waals surface area contributed by atoms with E-state index in [1.54, 1.807) is 24.5 Å². The fourth-order valence-electron chi connectivity index (χ4n) is 3.41. The molecule has 2 aromatic carbocycles. The van der Waals surface area contributed by atoms with Crippen molar-refractivity contribution in [2.75, 3.05) is 12.4 Å². The summed E-state index contributed by atoms with van der Waals surface area (Å²) in [5.41, 5.74) is 1.86. The second-order valence-electron chi connectivity index (χ2n) is 7.00. The maximum atomic E-state index is 13.3. The minimum Gasteiger partial charge on any atom is -0.604 e. The molecule has 5 rings (SSSR count). The van der Waals surface area contributed by atoms with Crippen molar-refractivity contribution in [3.63, 3.8) is 0 Å². The van der Waals surface area contributed by atoms with Gasteiger partial charge in [-0.3, -0.25) is 4.98 Å². The van der Waals surface area contributed by atoms with Crippen LogP contribution in [0, 0.1) is 0 Å². The number of para-hydroxylation sites is 1. The van der Waals surface area contributed by atoms with E-state index in [-0.39, 0.29) is 15.6 Å². The minimum atomic E-state index is -3.95. The smallest absolute Gasteiger partial charge is 0.317 e. The normalized spacial score (nSPS) is 13.2. The average molecular weight is 446 g/mol. The van der Waals surface area contributed by atoms with Gasteiger partial charge >= 0.3 is 5.03 Å². The molecule has 0 spiro atoms. The second-order valence-corrected chi connectivity index (χ2v) is 8.86. The van der Waals surface area contributed by atoms with Gasteiger partial charge in [0.2, 0.25) is 5.65 Å². The summed E-state index contributed by atoms with van der Waals surface area (Å²) in [6.07, 6.45) is 3.43. The highest BCUT2D eigenvalue weighted by Gasteiger charge is 2.32. The summed E-state index contributed by atoms with van der Waals surface area (Å²) >= 11 is 0. The Balaban J connectivity index is 1.63. The summed E-state index contributed by atoms with van der Waals surface area (Å²) in [5, 5.41) is 12.0. The minimum absolute atomic E-state index is 0.0851. The van der Waals surface area contributed by atoms with Gasteiger partial charge in [0.1, 0.15) is 21.8 Å². The Morgan fingerprint density at radius 1 is 1.06 bits per heavy atom.